The van der Waals surface area contributed by atoms with E-state index in [4.69, 9.17) is 23.7 Å². The number of carbonyl (C=O) groups is 1. The topological polar surface area (TPSA) is 66.5 Å². The highest BCUT2D eigenvalue weighted by Gasteiger charge is 2.63. The Labute approximate surface area is 257 Å². The van der Waals surface area contributed by atoms with Crippen LogP contribution in [0.4, 0.5) is 0 Å². The number of Topliss-reactive ketones (excluding diaryl/α,β-unsaturated/α-hetero) is 1. The fourth-order valence-electron chi connectivity index (χ4n) is 7.84. The van der Waals surface area contributed by atoms with Gasteiger partial charge in [0.25, 0.3) is 0 Å². The van der Waals surface area contributed by atoms with Crippen LogP contribution in [-0.4, -0.2) is 50.0 Å². The number of unbranched alkanes of at least 4 members (excludes halogenated alkanes) is 4. The number of benzene rings is 1. The maximum Gasteiger partial charge on any atom is 0.231 e. The Balaban J connectivity index is 1.24. The first-order valence-electron chi connectivity index (χ1n) is 16.6. The van der Waals surface area contributed by atoms with E-state index in [0.29, 0.717) is 48.5 Å². The summed E-state index contributed by atoms with van der Waals surface area (Å²) in [4.78, 5) is 16.5. The van der Waals surface area contributed by atoms with Crippen LogP contribution in [-0.2, 0) is 14.3 Å². The van der Waals surface area contributed by atoms with Crippen LogP contribution in [0.3, 0.4) is 0 Å². The molecule has 3 heterocycles. The van der Waals surface area contributed by atoms with Crippen molar-refractivity contribution in [1.82, 2.24) is 4.90 Å². The molecule has 0 aromatic heterocycles. The highest BCUT2D eigenvalue weighted by atomic mass is 16.7. The molecule has 5 aliphatic rings. The lowest BCUT2D eigenvalue weighted by molar-refractivity contribution is -0.117. The number of allylic oxidation sites excluding steroid dienone is 4. The highest BCUT2D eigenvalue weighted by Crippen LogP contribution is 2.62. The van der Waals surface area contributed by atoms with Crippen molar-refractivity contribution in [3.05, 3.63) is 53.0 Å². The summed E-state index contributed by atoms with van der Waals surface area (Å²) in [6, 6.07) is 4.24. The lowest BCUT2D eigenvalue weighted by Crippen LogP contribution is -2.38. The van der Waals surface area contributed by atoms with Crippen LogP contribution < -0.4 is 14.2 Å². The van der Waals surface area contributed by atoms with E-state index in [1.807, 2.05) is 0 Å². The summed E-state index contributed by atoms with van der Waals surface area (Å²) in [5.41, 5.74) is 2.26. The van der Waals surface area contributed by atoms with Gasteiger partial charge >= 0.3 is 0 Å². The fourth-order valence-corrected chi connectivity index (χ4v) is 7.84. The normalized spacial score (nSPS) is 29.2. The Morgan fingerprint density at radius 3 is 2.72 bits per heavy atom. The number of ether oxygens (including phenoxy) is 5. The number of fused-ring (bicyclic) bond motifs is 1. The monoisotopic (exact) mass is 591 g/mol. The maximum atomic E-state index is 14.0. The standard InChI is InChI=1S/C36H49NO6/c1-5-7-9-11-25(12-10-8-6-2)30(38)21-37-20-27(26-15-32(39-4)35-33(16-26)41-23-43-35)18-36(37)19-28(36)17-29-24(3)13-14-31-34(29)42-22-40-31/h11,13-16,24,27-29H,5-10,12,17-23H2,1-4H3/b25-11-/t24?,27-,28?,29?,36?/m1/s1. The van der Waals surface area contributed by atoms with E-state index in [2.05, 4.69) is 56.0 Å². The van der Waals surface area contributed by atoms with Crippen molar-refractivity contribution < 1.29 is 28.5 Å². The number of methoxy groups -OCH3 is 1. The van der Waals surface area contributed by atoms with Gasteiger partial charge in [0.15, 0.2) is 23.0 Å². The summed E-state index contributed by atoms with van der Waals surface area (Å²) in [5.74, 6) is 5.90. The molecule has 1 saturated heterocycles. The number of nitrogens with zero attached hydrogens (tertiary/aromatic N) is 1. The molecule has 0 N–H and O–H groups in total. The second-order valence-corrected chi connectivity index (χ2v) is 13.2. The van der Waals surface area contributed by atoms with Crippen molar-refractivity contribution in [2.75, 3.05) is 33.8 Å². The van der Waals surface area contributed by atoms with E-state index in [0.717, 1.165) is 92.9 Å². The highest BCUT2D eigenvalue weighted by molar-refractivity contribution is 5.97. The van der Waals surface area contributed by atoms with Gasteiger partial charge in [0, 0.05) is 18.0 Å². The molecule has 1 aromatic carbocycles. The molecule has 0 amide bonds. The van der Waals surface area contributed by atoms with Gasteiger partial charge in [0.05, 0.1) is 13.7 Å². The predicted octanol–water partition coefficient (Wildman–Crippen LogP) is 7.67. The van der Waals surface area contributed by atoms with Crippen molar-refractivity contribution >= 4 is 5.78 Å². The molecule has 3 aliphatic heterocycles. The fraction of sp³-hybridized carbons (Fsp3) is 0.639. The number of hydrogen-bond acceptors (Lipinski definition) is 7. The van der Waals surface area contributed by atoms with Gasteiger partial charge in [-0.1, -0.05) is 58.6 Å². The van der Waals surface area contributed by atoms with Crippen molar-refractivity contribution in [2.45, 2.75) is 96.4 Å². The molecule has 1 saturated carbocycles. The Hall–Kier alpha value is -2.93. The molecule has 7 heteroatoms. The summed E-state index contributed by atoms with van der Waals surface area (Å²) >= 11 is 0. The van der Waals surface area contributed by atoms with Gasteiger partial charge in [-0.3, -0.25) is 9.69 Å². The minimum atomic E-state index is 0.0168. The zero-order valence-corrected chi connectivity index (χ0v) is 26.5. The van der Waals surface area contributed by atoms with E-state index < -0.39 is 0 Å². The second kappa shape index (κ2) is 13.0. The Kier molecular flexibility index (Phi) is 9.08. The molecule has 2 aliphatic carbocycles. The SMILES string of the molecule is CCCC/C=C(/CCCCC)C(=O)CN1C[C@H](c2cc(OC)c3c(c2)OCO3)CC12CC2CC1C2=C(C=CC1C)OCO2. The molecule has 0 bridgehead atoms. The summed E-state index contributed by atoms with van der Waals surface area (Å²) in [7, 11) is 1.68. The molecule has 43 heavy (non-hydrogen) atoms. The third kappa shape index (κ3) is 6.07. The lowest BCUT2D eigenvalue weighted by atomic mass is 9.82. The number of ketones is 1. The summed E-state index contributed by atoms with van der Waals surface area (Å²) in [6.07, 6.45) is 17.3. The van der Waals surface area contributed by atoms with Crippen LogP contribution in [0, 0.1) is 17.8 Å². The predicted molar refractivity (Wildman–Crippen MR) is 166 cm³/mol. The van der Waals surface area contributed by atoms with Crippen LogP contribution >= 0.6 is 0 Å². The zero-order valence-electron chi connectivity index (χ0n) is 26.5. The number of hydrogen-bond donors (Lipinski definition) is 0. The molecule has 234 valence electrons. The summed E-state index contributed by atoms with van der Waals surface area (Å²) in [6.45, 7) is 8.59. The third-order valence-electron chi connectivity index (χ3n) is 10.4. The average Bonchev–Trinajstić information content (AvgIpc) is 3.40. The zero-order chi connectivity index (χ0) is 30.0. The van der Waals surface area contributed by atoms with Gasteiger partial charge in [-0.15, -0.1) is 0 Å². The van der Waals surface area contributed by atoms with Gasteiger partial charge in [0.2, 0.25) is 19.3 Å². The molecule has 2 fully saturated rings. The molecule has 1 spiro atoms. The van der Waals surface area contributed by atoms with Gasteiger partial charge in [0.1, 0.15) is 5.76 Å². The molecule has 5 atom stereocenters. The molecule has 7 nitrogen and oxygen atoms in total. The van der Waals surface area contributed by atoms with Crippen molar-refractivity contribution in [2.24, 2.45) is 17.8 Å². The largest absolute Gasteiger partial charge is 0.493 e. The lowest BCUT2D eigenvalue weighted by Gasteiger charge is -2.28. The summed E-state index contributed by atoms with van der Waals surface area (Å²) in [5, 5.41) is 0. The first-order chi connectivity index (χ1) is 21.0. The van der Waals surface area contributed by atoms with Crippen LogP contribution in [0.25, 0.3) is 0 Å². The minimum absolute atomic E-state index is 0.0168. The van der Waals surface area contributed by atoms with Gasteiger partial charge < -0.3 is 23.7 Å². The van der Waals surface area contributed by atoms with Crippen LogP contribution in [0.5, 0.6) is 17.2 Å². The van der Waals surface area contributed by atoms with Crippen LogP contribution in [0.2, 0.25) is 0 Å². The molecular weight excluding hydrogens is 542 g/mol. The van der Waals surface area contributed by atoms with Crippen molar-refractivity contribution in [1.29, 1.82) is 0 Å². The second-order valence-electron chi connectivity index (χ2n) is 13.2. The Morgan fingerprint density at radius 2 is 1.91 bits per heavy atom. The Bertz CT molecular complexity index is 1280. The third-order valence-corrected chi connectivity index (χ3v) is 10.4. The Morgan fingerprint density at radius 1 is 1.07 bits per heavy atom. The van der Waals surface area contributed by atoms with Crippen LogP contribution in [0.1, 0.15) is 96.5 Å². The first kappa shape index (κ1) is 30.1. The van der Waals surface area contributed by atoms with Crippen molar-refractivity contribution in [3.8, 4) is 17.2 Å². The molecular formula is C36H49NO6. The first-order valence-corrected chi connectivity index (χ1v) is 16.6. The van der Waals surface area contributed by atoms with Crippen LogP contribution in [0.15, 0.2) is 47.5 Å². The van der Waals surface area contributed by atoms with E-state index in [9.17, 15) is 4.79 Å². The van der Waals surface area contributed by atoms with E-state index in [1.165, 1.54) is 12.0 Å². The maximum absolute atomic E-state index is 14.0. The minimum Gasteiger partial charge on any atom is -0.493 e. The number of rotatable bonds is 14. The average molecular weight is 592 g/mol. The van der Waals surface area contributed by atoms with E-state index >= 15 is 0 Å². The van der Waals surface area contributed by atoms with Gasteiger partial charge in [-0.2, -0.15) is 0 Å². The van der Waals surface area contributed by atoms with Gasteiger partial charge in [-0.05, 0) is 85.6 Å². The van der Waals surface area contributed by atoms with E-state index in [-0.39, 0.29) is 12.3 Å². The molecule has 6 rings (SSSR count). The summed E-state index contributed by atoms with van der Waals surface area (Å²) < 4.78 is 28.9. The molecule has 4 unspecified atom stereocenters. The van der Waals surface area contributed by atoms with E-state index in [1.54, 1.807) is 7.11 Å². The number of likely N-dealkylation sites (tertiary alicyclic amines) is 1. The van der Waals surface area contributed by atoms with Gasteiger partial charge in [-0.25, -0.2) is 0 Å². The number of carbonyl (C=O) groups excluding carboxylic acids is 1. The quantitative estimate of drug-likeness (QED) is 0.162. The smallest absolute Gasteiger partial charge is 0.231 e. The van der Waals surface area contributed by atoms with Crippen molar-refractivity contribution in [3.63, 3.8) is 0 Å². The molecule has 0 radical (unpaired) electrons. The molecule has 1 aromatic rings.